The molecule has 1 aliphatic rings. The molecular weight excluding hydrogens is 558 g/mol. The monoisotopic (exact) mass is 595 g/mol. The maximum atomic E-state index is 13.8. The van der Waals surface area contributed by atoms with Crippen LogP contribution in [0.5, 0.6) is 11.5 Å². The molecule has 10 nitrogen and oxygen atoms in total. The number of sulfonamides is 1. The van der Waals surface area contributed by atoms with E-state index in [-0.39, 0.29) is 24.0 Å². The number of carbonyl (C=O) groups is 2. The molecule has 3 aromatic rings. The average Bonchev–Trinajstić information content (AvgIpc) is 3.03. The number of nitrogens with zero attached hydrogens (tertiary/aromatic N) is 2. The van der Waals surface area contributed by atoms with E-state index in [1.807, 2.05) is 49.4 Å². The van der Waals surface area contributed by atoms with E-state index in [9.17, 15) is 18.0 Å². The molecule has 2 amide bonds. The molecule has 1 saturated heterocycles. The lowest BCUT2D eigenvalue weighted by Crippen LogP contribution is -2.45. The van der Waals surface area contributed by atoms with E-state index in [0.29, 0.717) is 49.9 Å². The third-order valence-electron chi connectivity index (χ3n) is 6.85. The first-order valence-electron chi connectivity index (χ1n) is 13.9. The Hall–Kier alpha value is -3.93. The Morgan fingerprint density at radius 2 is 1.60 bits per heavy atom. The minimum absolute atomic E-state index is 0.140. The summed E-state index contributed by atoms with van der Waals surface area (Å²) in [6, 6.07) is 21.5. The smallest absolute Gasteiger partial charge is 0.261 e. The lowest BCUT2D eigenvalue weighted by molar-refractivity contribution is -0.143. The van der Waals surface area contributed by atoms with Crippen LogP contribution >= 0.6 is 0 Å². The highest BCUT2D eigenvalue weighted by atomic mass is 32.2. The Kier molecular flexibility index (Phi) is 10.9. The molecular formula is C31H37N3O7S. The second-order valence-electron chi connectivity index (χ2n) is 9.75. The van der Waals surface area contributed by atoms with Gasteiger partial charge in [0, 0.05) is 26.2 Å². The second-order valence-corrected chi connectivity index (χ2v) is 11.7. The summed E-state index contributed by atoms with van der Waals surface area (Å²) < 4.78 is 43.6. The van der Waals surface area contributed by atoms with Crippen molar-refractivity contribution in [2.45, 2.75) is 30.8 Å². The molecule has 4 rings (SSSR count). The van der Waals surface area contributed by atoms with E-state index in [1.165, 1.54) is 33.5 Å². The molecule has 0 aliphatic carbocycles. The van der Waals surface area contributed by atoms with Gasteiger partial charge in [0.25, 0.3) is 5.91 Å². The molecule has 11 heteroatoms. The minimum atomic E-state index is -3.65. The first kappa shape index (κ1) is 31.0. The third kappa shape index (κ3) is 7.87. The number of carbonyl (C=O) groups excluding carboxylic acids is 2. The number of benzene rings is 3. The van der Waals surface area contributed by atoms with Crippen LogP contribution in [0.25, 0.3) is 0 Å². The zero-order chi connectivity index (χ0) is 30.0. The Labute approximate surface area is 247 Å². The summed E-state index contributed by atoms with van der Waals surface area (Å²) in [5, 5.41) is 2.93. The predicted octanol–water partition coefficient (Wildman–Crippen LogP) is 3.39. The Balaban J connectivity index is 1.55. The van der Waals surface area contributed by atoms with Crippen molar-refractivity contribution in [2.75, 3.05) is 46.6 Å². The van der Waals surface area contributed by atoms with Gasteiger partial charge < -0.3 is 24.4 Å². The van der Waals surface area contributed by atoms with Gasteiger partial charge in [-0.2, -0.15) is 4.31 Å². The molecule has 0 bridgehead atoms. The van der Waals surface area contributed by atoms with E-state index in [0.717, 1.165) is 12.0 Å². The first-order valence-corrected chi connectivity index (χ1v) is 15.3. The van der Waals surface area contributed by atoms with E-state index in [1.54, 1.807) is 19.2 Å². The van der Waals surface area contributed by atoms with Crippen molar-refractivity contribution in [2.24, 2.45) is 0 Å². The van der Waals surface area contributed by atoms with Crippen molar-refractivity contribution in [1.82, 2.24) is 14.5 Å². The van der Waals surface area contributed by atoms with Crippen molar-refractivity contribution < 1.29 is 32.2 Å². The fraction of sp³-hybridized carbons (Fsp3) is 0.355. The predicted molar refractivity (Wildman–Crippen MR) is 158 cm³/mol. The molecule has 224 valence electrons. The molecule has 1 N–H and O–H groups in total. The van der Waals surface area contributed by atoms with Crippen molar-refractivity contribution in [3.8, 4) is 11.5 Å². The number of ether oxygens (including phenoxy) is 3. The van der Waals surface area contributed by atoms with Gasteiger partial charge in [0.2, 0.25) is 15.9 Å². The molecule has 0 saturated carbocycles. The summed E-state index contributed by atoms with van der Waals surface area (Å²) in [5.41, 5.74) is 1.48. The molecule has 0 radical (unpaired) electrons. The molecule has 42 heavy (non-hydrogen) atoms. The highest BCUT2D eigenvalue weighted by molar-refractivity contribution is 7.89. The lowest BCUT2D eigenvalue weighted by atomic mass is 10.0. The quantitative estimate of drug-likeness (QED) is 0.322. The number of morpholine rings is 1. The largest absolute Gasteiger partial charge is 0.497 e. The average molecular weight is 596 g/mol. The highest BCUT2D eigenvalue weighted by Crippen LogP contribution is 2.26. The van der Waals surface area contributed by atoms with Crippen LogP contribution in [-0.2, 0) is 30.9 Å². The van der Waals surface area contributed by atoms with E-state index in [4.69, 9.17) is 14.2 Å². The summed E-state index contributed by atoms with van der Waals surface area (Å²) in [6.07, 6.45) is 0.750. The molecule has 1 fully saturated rings. The molecule has 0 aromatic heterocycles. The van der Waals surface area contributed by atoms with E-state index < -0.39 is 22.0 Å². The normalized spacial score (nSPS) is 14.5. The maximum Gasteiger partial charge on any atom is 0.261 e. The molecule has 1 aliphatic heterocycles. The summed E-state index contributed by atoms with van der Waals surface area (Å²) >= 11 is 0. The van der Waals surface area contributed by atoms with Crippen molar-refractivity contribution in [3.63, 3.8) is 0 Å². The van der Waals surface area contributed by atoms with Crippen LogP contribution in [-0.4, -0.2) is 76.0 Å². The molecule has 0 unspecified atom stereocenters. The van der Waals surface area contributed by atoms with Crippen LogP contribution in [0.2, 0.25) is 0 Å². The zero-order valence-corrected chi connectivity index (χ0v) is 24.7. The van der Waals surface area contributed by atoms with E-state index >= 15 is 0 Å². The Bertz CT molecular complexity index is 1410. The van der Waals surface area contributed by atoms with Crippen LogP contribution < -0.4 is 14.8 Å². The van der Waals surface area contributed by atoms with Crippen LogP contribution in [0.3, 0.4) is 0 Å². The number of rotatable bonds is 13. The molecule has 1 heterocycles. The van der Waals surface area contributed by atoms with Crippen LogP contribution in [0.4, 0.5) is 0 Å². The summed E-state index contributed by atoms with van der Waals surface area (Å²) in [5.74, 6) is 0.318. The lowest BCUT2D eigenvalue weighted by Gasteiger charge is -2.31. The summed E-state index contributed by atoms with van der Waals surface area (Å²) in [6.45, 7) is 3.55. The van der Waals surface area contributed by atoms with Crippen LogP contribution in [0, 0.1) is 0 Å². The van der Waals surface area contributed by atoms with Gasteiger partial charge >= 0.3 is 0 Å². The van der Waals surface area contributed by atoms with Gasteiger partial charge in [0.15, 0.2) is 6.61 Å². The first-order chi connectivity index (χ1) is 20.3. The minimum Gasteiger partial charge on any atom is -0.497 e. The molecule has 1 atom stereocenters. The number of amides is 2. The van der Waals surface area contributed by atoms with Crippen LogP contribution in [0.15, 0.2) is 83.8 Å². The zero-order valence-electron chi connectivity index (χ0n) is 23.9. The van der Waals surface area contributed by atoms with Gasteiger partial charge in [-0.3, -0.25) is 9.59 Å². The van der Waals surface area contributed by atoms with Gasteiger partial charge in [-0.15, -0.1) is 0 Å². The number of hydrogen-bond acceptors (Lipinski definition) is 7. The number of methoxy groups -OCH3 is 1. The summed E-state index contributed by atoms with van der Waals surface area (Å²) in [4.78, 5) is 28.8. The highest BCUT2D eigenvalue weighted by Gasteiger charge is 2.32. The third-order valence-corrected chi connectivity index (χ3v) is 8.76. The van der Waals surface area contributed by atoms with Gasteiger partial charge in [-0.25, -0.2) is 8.42 Å². The number of hydrogen-bond donors (Lipinski definition) is 1. The summed E-state index contributed by atoms with van der Waals surface area (Å²) in [7, 11) is -2.07. The Morgan fingerprint density at radius 1 is 0.952 bits per heavy atom. The molecule has 0 spiro atoms. The van der Waals surface area contributed by atoms with Gasteiger partial charge in [0.05, 0.1) is 25.2 Å². The van der Waals surface area contributed by atoms with E-state index in [2.05, 4.69) is 5.32 Å². The van der Waals surface area contributed by atoms with Gasteiger partial charge in [-0.1, -0.05) is 49.4 Å². The van der Waals surface area contributed by atoms with Gasteiger partial charge in [-0.05, 0) is 53.9 Å². The van der Waals surface area contributed by atoms with Gasteiger partial charge in [0.1, 0.15) is 17.5 Å². The van der Waals surface area contributed by atoms with Crippen molar-refractivity contribution in [3.05, 3.63) is 90.0 Å². The topological polar surface area (TPSA) is 114 Å². The van der Waals surface area contributed by atoms with Crippen molar-refractivity contribution in [1.29, 1.82) is 0 Å². The second kappa shape index (κ2) is 14.8. The fourth-order valence-electron chi connectivity index (χ4n) is 4.58. The van der Waals surface area contributed by atoms with Crippen molar-refractivity contribution >= 4 is 21.8 Å². The van der Waals surface area contributed by atoms with Crippen LogP contribution in [0.1, 0.15) is 30.5 Å². The standard InChI is InChI=1S/C31H37N3O7S/c1-3-17-32-31(36)30(25-7-5-4-6-8-25)34(22-24-9-11-26(39-2)12-10-24)29(35)23-41-27-13-15-28(16-14-27)42(37,38)33-18-20-40-21-19-33/h4-16,30H,3,17-23H2,1-2H3,(H,32,36)/t30-/m0/s1. The maximum absolute atomic E-state index is 13.8. The Morgan fingerprint density at radius 3 is 2.21 bits per heavy atom. The SMILES string of the molecule is CCCNC(=O)[C@H](c1ccccc1)N(Cc1ccc(OC)cc1)C(=O)COc1ccc(S(=O)(=O)N2CCOCC2)cc1. The number of nitrogens with one attached hydrogen (secondary N) is 1. The molecule has 3 aromatic carbocycles. The fourth-order valence-corrected chi connectivity index (χ4v) is 5.98.